The fourth-order valence-corrected chi connectivity index (χ4v) is 2.51. The minimum absolute atomic E-state index is 0.587. The zero-order valence-electron chi connectivity index (χ0n) is 10.6. The van der Waals surface area contributed by atoms with Crippen LogP contribution in [-0.4, -0.2) is 23.2 Å². The van der Waals surface area contributed by atoms with E-state index in [1.54, 1.807) is 6.33 Å². The van der Waals surface area contributed by atoms with Gasteiger partial charge < -0.3 is 14.5 Å². The van der Waals surface area contributed by atoms with E-state index in [-0.39, 0.29) is 0 Å². The Morgan fingerprint density at radius 1 is 1.26 bits per heavy atom. The SMILES string of the molecule is CCc1c(-c2ccc3c(c2)OCCO3)[nH]cnc1=S. The van der Waals surface area contributed by atoms with Gasteiger partial charge in [0.25, 0.3) is 0 Å². The minimum atomic E-state index is 0.587. The van der Waals surface area contributed by atoms with Crippen molar-refractivity contribution in [3.63, 3.8) is 0 Å². The minimum Gasteiger partial charge on any atom is -0.486 e. The van der Waals surface area contributed by atoms with Crippen molar-refractivity contribution < 1.29 is 9.47 Å². The largest absolute Gasteiger partial charge is 0.486 e. The summed E-state index contributed by atoms with van der Waals surface area (Å²) in [6, 6.07) is 5.92. The maximum absolute atomic E-state index is 5.61. The van der Waals surface area contributed by atoms with E-state index in [9.17, 15) is 0 Å². The summed E-state index contributed by atoms with van der Waals surface area (Å²) >= 11 is 5.27. The lowest BCUT2D eigenvalue weighted by atomic mass is 10.0. The summed E-state index contributed by atoms with van der Waals surface area (Å²) in [6.45, 7) is 3.26. The van der Waals surface area contributed by atoms with Crippen LogP contribution in [0.2, 0.25) is 0 Å². The molecule has 2 aromatic rings. The van der Waals surface area contributed by atoms with Crippen LogP contribution in [0.15, 0.2) is 24.5 Å². The third-order valence-corrected chi connectivity index (χ3v) is 3.49. The van der Waals surface area contributed by atoms with Crippen LogP contribution in [0, 0.1) is 4.64 Å². The van der Waals surface area contributed by atoms with Gasteiger partial charge >= 0.3 is 0 Å². The molecule has 1 aliphatic rings. The van der Waals surface area contributed by atoms with E-state index in [2.05, 4.69) is 16.9 Å². The van der Waals surface area contributed by atoms with Gasteiger partial charge in [0, 0.05) is 11.1 Å². The zero-order valence-corrected chi connectivity index (χ0v) is 11.4. The lowest BCUT2D eigenvalue weighted by Gasteiger charge is -2.19. The van der Waals surface area contributed by atoms with Crippen molar-refractivity contribution in [2.24, 2.45) is 0 Å². The number of aromatic nitrogens is 2. The monoisotopic (exact) mass is 274 g/mol. The first kappa shape index (κ1) is 12.2. The Kier molecular flexibility index (Phi) is 3.21. The summed E-state index contributed by atoms with van der Waals surface area (Å²) in [5.74, 6) is 1.57. The predicted molar refractivity (Wildman–Crippen MR) is 75.2 cm³/mol. The van der Waals surface area contributed by atoms with Gasteiger partial charge in [-0.3, -0.25) is 0 Å². The number of rotatable bonds is 2. The van der Waals surface area contributed by atoms with E-state index in [4.69, 9.17) is 21.7 Å². The number of hydrogen-bond donors (Lipinski definition) is 1. The third kappa shape index (κ3) is 2.21. The number of aromatic amines is 1. The van der Waals surface area contributed by atoms with E-state index in [1.807, 2.05) is 18.2 Å². The second kappa shape index (κ2) is 5.01. The number of nitrogens with one attached hydrogen (secondary N) is 1. The molecule has 5 heteroatoms. The zero-order chi connectivity index (χ0) is 13.2. The summed E-state index contributed by atoms with van der Waals surface area (Å²) in [4.78, 5) is 7.30. The molecule has 1 aromatic carbocycles. The number of fused-ring (bicyclic) bond motifs is 1. The molecule has 2 heterocycles. The van der Waals surface area contributed by atoms with Gasteiger partial charge in [0.2, 0.25) is 0 Å². The quantitative estimate of drug-likeness (QED) is 0.855. The van der Waals surface area contributed by atoms with Crippen molar-refractivity contribution in [1.82, 2.24) is 9.97 Å². The van der Waals surface area contributed by atoms with Crippen molar-refractivity contribution in [2.75, 3.05) is 13.2 Å². The van der Waals surface area contributed by atoms with Gasteiger partial charge in [-0.2, -0.15) is 0 Å². The highest BCUT2D eigenvalue weighted by molar-refractivity contribution is 7.71. The molecule has 0 saturated heterocycles. The Balaban J connectivity index is 2.12. The second-order valence-corrected chi connectivity index (χ2v) is 4.66. The van der Waals surface area contributed by atoms with Crippen LogP contribution < -0.4 is 9.47 Å². The first-order chi connectivity index (χ1) is 9.29. The van der Waals surface area contributed by atoms with Crippen molar-refractivity contribution in [3.8, 4) is 22.8 Å². The highest BCUT2D eigenvalue weighted by Gasteiger charge is 2.14. The molecule has 0 fully saturated rings. The topological polar surface area (TPSA) is 47.1 Å². The van der Waals surface area contributed by atoms with Gasteiger partial charge in [-0.1, -0.05) is 19.1 Å². The number of H-pyrrole nitrogens is 1. The van der Waals surface area contributed by atoms with E-state index in [0.717, 1.165) is 34.7 Å². The molecule has 3 rings (SSSR count). The first-order valence-corrected chi connectivity index (χ1v) is 6.67. The van der Waals surface area contributed by atoms with Crippen LogP contribution in [0.4, 0.5) is 0 Å². The van der Waals surface area contributed by atoms with Crippen LogP contribution in [0.3, 0.4) is 0 Å². The van der Waals surface area contributed by atoms with Crippen LogP contribution in [-0.2, 0) is 6.42 Å². The second-order valence-electron chi connectivity index (χ2n) is 4.27. The molecule has 1 aromatic heterocycles. The normalized spacial score (nSPS) is 13.3. The van der Waals surface area contributed by atoms with Gasteiger partial charge in [-0.25, -0.2) is 4.98 Å². The van der Waals surface area contributed by atoms with Crippen LogP contribution in [0.1, 0.15) is 12.5 Å². The number of ether oxygens (including phenoxy) is 2. The Morgan fingerprint density at radius 2 is 2.05 bits per heavy atom. The summed E-state index contributed by atoms with van der Waals surface area (Å²) in [5.41, 5.74) is 3.09. The molecule has 0 unspecified atom stereocenters. The third-order valence-electron chi connectivity index (χ3n) is 3.14. The first-order valence-electron chi connectivity index (χ1n) is 6.26. The molecule has 98 valence electrons. The standard InChI is InChI=1S/C14H14N2O2S/c1-2-10-13(15-8-16-14(10)19)9-3-4-11-12(7-9)18-6-5-17-11/h3-4,7-8H,2,5-6H2,1H3,(H,15,16,19). The Hall–Kier alpha value is -1.88. The molecule has 0 aliphatic carbocycles. The summed E-state index contributed by atoms with van der Waals surface area (Å²) in [5, 5.41) is 0. The summed E-state index contributed by atoms with van der Waals surface area (Å²) in [6.07, 6.45) is 2.47. The highest BCUT2D eigenvalue weighted by Crippen LogP contribution is 2.34. The van der Waals surface area contributed by atoms with E-state index < -0.39 is 0 Å². The fraction of sp³-hybridized carbons (Fsp3) is 0.286. The molecular formula is C14H14N2O2S. The van der Waals surface area contributed by atoms with Crippen LogP contribution in [0.5, 0.6) is 11.5 Å². The maximum Gasteiger partial charge on any atom is 0.162 e. The van der Waals surface area contributed by atoms with Gasteiger partial charge in [0.05, 0.1) is 12.0 Å². The summed E-state index contributed by atoms with van der Waals surface area (Å²) < 4.78 is 11.8. The van der Waals surface area contributed by atoms with Gasteiger partial charge in [0.15, 0.2) is 11.5 Å². The maximum atomic E-state index is 5.61. The molecule has 1 N–H and O–H groups in total. The Bertz CT molecular complexity index is 667. The molecule has 1 aliphatic heterocycles. The van der Waals surface area contributed by atoms with E-state index in [0.29, 0.717) is 17.9 Å². The van der Waals surface area contributed by atoms with Crippen molar-refractivity contribution in [1.29, 1.82) is 0 Å². The smallest absolute Gasteiger partial charge is 0.162 e. The van der Waals surface area contributed by atoms with Gasteiger partial charge in [-0.05, 0) is 24.6 Å². The lowest BCUT2D eigenvalue weighted by Crippen LogP contribution is -2.15. The molecule has 0 saturated carbocycles. The summed E-state index contributed by atoms with van der Waals surface area (Å²) in [7, 11) is 0. The Labute approximate surface area is 116 Å². The molecule has 0 spiro atoms. The molecule has 0 amide bonds. The van der Waals surface area contributed by atoms with Crippen molar-refractivity contribution >= 4 is 12.2 Å². The van der Waals surface area contributed by atoms with Gasteiger partial charge in [0.1, 0.15) is 17.9 Å². The number of nitrogens with zero attached hydrogens (tertiary/aromatic N) is 1. The van der Waals surface area contributed by atoms with E-state index >= 15 is 0 Å². The lowest BCUT2D eigenvalue weighted by molar-refractivity contribution is 0.171. The highest BCUT2D eigenvalue weighted by atomic mass is 32.1. The molecule has 0 bridgehead atoms. The molecular weight excluding hydrogens is 260 g/mol. The fourth-order valence-electron chi connectivity index (χ4n) is 2.21. The van der Waals surface area contributed by atoms with Crippen LogP contribution >= 0.6 is 12.2 Å². The van der Waals surface area contributed by atoms with Crippen molar-refractivity contribution in [2.45, 2.75) is 13.3 Å². The molecule has 19 heavy (non-hydrogen) atoms. The number of hydrogen-bond acceptors (Lipinski definition) is 4. The average Bonchev–Trinajstić information content (AvgIpc) is 2.46. The predicted octanol–water partition coefficient (Wildman–Crippen LogP) is 3.14. The van der Waals surface area contributed by atoms with E-state index in [1.165, 1.54) is 0 Å². The molecule has 0 atom stereocenters. The van der Waals surface area contributed by atoms with Crippen molar-refractivity contribution in [3.05, 3.63) is 34.7 Å². The Morgan fingerprint density at radius 3 is 2.84 bits per heavy atom. The average molecular weight is 274 g/mol. The van der Waals surface area contributed by atoms with Crippen LogP contribution in [0.25, 0.3) is 11.3 Å². The molecule has 0 radical (unpaired) electrons. The van der Waals surface area contributed by atoms with Gasteiger partial charge in [-0.15, -0.1) is 0 Å². The molecule has 4 nitrogen and oxygen atoms in total. The number of benzene rings is 1.